The molecule has 1 aromatic rings. The Balaban J connectivity index is 1.89. The highest BCUT2D eigenvalue weighted by atomic mass is 32.1. The van der Waals surface area contributed by atoms with Crippen molar-refractivity contribution in [2.45, 2.75) is 51.8 Å². The minimum absolute atomic E-state index is 0.356. The summed E-state index contributed by atoms with van der Waals surface area (Å²) in [5.41, 5.74) is 0. The van der Waals surface area contributed by atoms with Gasteiger partial charge >= 0.3 is 0 Å². The van der Waals surface area contributed by atoms with E-state index in [1.54, 1.807) is 11.3 Å². The van der Waals surface area contributed by atoms with Gasteiger partial charge in [0.25, 0.3) is 0 Å². The van der Waals surface area contributed by atoms with Gasteiger partial charge in [-0.05, 0) is 33.6 Å². The number of rotatable bonds is 3. The summed E-state index contributed by atoms with van der Waals surface area (Å²) in [6, 6.07) is 0.928. The van der Waals surface area contributed by atoms with Gasteiger partial charge in [0.1, 0.15) is 5.01 Å². The van der Waals surface area contributed by atoms with Crippen LogP contribution in [0.15, 0.2) is 6.20 Å². The number of hydrogen-bond acceptors (Lipinski definition) is 4. The lowest BCUT2D eigenvalue weighted by Crippen LogP contribution is -2.39. The van der Waals surface area contributed by atoms with Crippen LogP contribution >= 0.6 is 11.3 Å². The maximum Gasteiger partial charge on any atom is 0.109 e. The van der Waals surface area contributed by atoms with Crippen molar-refractivity contribution >= 4 is 11.3 Å². The molecule has 1 fully saturated rings. The fraction of sp³-hybridized carbons (Fsp3) is 0.750. The SMILES string of the molecule is Cc1cnc(C(C)NC2CCOC(C)C2)s1. The maximum atomic E-state index is 5.55. The number of hydrogen-bond donors (Lipinski definition) is 1. The minimum Gasteiger partial charge on any atom is -0.378 e. The molecule has 3 unspecified atom stereocenters. The zero-order chi connectivity index (χ0) is 11.5. The lowest BCUT2D eigenvalue weighted by Gasteiger charge is -2.29. The van der Waals surface area contributed by atoms with Gasteiger partial charge in [-0.15, -0.1) is 11.3 Å². The molecule has 3 atom stereocenters. The molecule has 0 bridgehead atoms. The van der Waals surface area contributed by atoms with Gasteiger partial charge < -0.3 is 10.1 Å². The number of aromatic nitrogens is 1. The highest BCUT2D eigenvalue weighted by molar-refractivity contribution is 7.11. The summed E-state index contributed by atoms with van der Waals surface area (Å²) in [6.07, 6.45) is 4.55. The van der Waals surface area contributed by atoms with E-state index in [2.05, 4.69) is 31.1 Å². The largest absolute Gasteiger partial charge is 0.378 e. The molecule has 1 aliphatic heterocycles. The van der Waals surface area contributed by atoms with E-state index in [1.807, 2.05) is 6.20 Å². The third-order valence-electron chi connectivity index (χ3n) is 2.98. The molecule has 0 spiro atoms. The highest BCUT2D eigenvalue weighted by Gasteiger charge is 2.21. The van der Waals surface area contributed by atoms with E-state index in [4.69, 9.17) is 4.74 Å². The fourth-order valence-corrected chi connectivity index (χ4v) is 2.93. The summed E-state index contributed by atoms with van der Waals surface area (Å²) >= 11 is 1.78. The van der Waals surface area contributed by atoms with E-state index in [9.17, 15) is 0 Å². The number of nitrogens with one attached hydrogen (secondary N) is 1. The van der Waals surface area contributed by atoms with Crippen molar-refractivity contribution in [1.29, 1.82) is 0 Å². The van der Waals surface area contributed by atoms with Crippen molar-refractivity contribution in [3.8, 4) is 0 Å². The van der Waals surface area contributed by atoms with Crippen LogP contribution in [0.25, 0.3) is 0 Å². The molecule has 3 nitrogen and oxygen atoms in total. The molecule has 1 aliphatic rings. The average Bonchev–Trinajstić information content (AvgIpc) is 2.65. The van der Waals surface area contributed by atoms with Crippen LogP contribution in [0.2, 0.25) is 0 Å². The Morgan fingerprint density at radius 1 is 1.62 bits per heavy atom. The van der Waals surface area contributed by atoms with E-state index in [0.717, 1.165) is 19.4 Å². The number of ether oxygens (including phenoxy) is 1. The molecule has 2 rings (SSSR count). The van der Waals surface area contributed by atoms with Crippen LogP contribution in [0.3, 0.4) is 0 Å². The van der Waals surface area contributed by atoms with Crippen molar-refractivity contribution in [1.82, 2.24) is 10.3 Å². The smallest absolute Gasteiger partial charge is 0.109 e. The normalized spacial score (nSPS) is 27.9. The Hall–Kier alpha value is -0.450. The van der Waals surface area contributed by atoms with E-state index < -0.39 is 0 Å². The second-order valence-electron chi connectivity index (χ2n) is 4.60. The average molecular weight is 240 g/mol. The Labute approximate surface area is 101 Å². The molecule has 1 aromatic heterocycles. The Bertz CT molecular complexity index is 340. The van der Waals surface area contributed by atoms with Crippen molar-refractivity contribution in [2.75, 3.05) is 6.61 Å². The third-order valence-corrected chi connectivity index (χ3v) is 4.08. The molecule has 0 radical (unpaired) electrons. The summed E-state index contributed by atoms with van der Waals surface area (Å²) in [6.45, 7) is 7.32. The Kier molecular flexibility index (Phi) is 3.95. The number of thiazole rings is 1. The molecule has 2 heterocycles. The minimum atomic E-state index is 0.356. The molecule has 0 aromatic carbocycles. The molecule has 0 aliphatic carbocycles. The van der Waals surface area contributed by atoms with Crippen LogP contribution in [0.4, 0.5) is 0 Å². The van der Waals surface area contributed by atoms with Crippen LogP contribution < -0.4 is 5.32 Å². The van der Waals surface area contributed by atoms with Gasteiger partial charge in [0.15, 0.2) is 0 Å². The third kappa shape index (κ3) is 3.03. The summed E-state index contributed by atoms with van der Waals surface area (Å²) in [7, 11) is 0. The van der Waals surface area contributed by atoms with Crippen LogP contribution in [0, 0.1) is 6.92 Å². The summed E-state index contributed by atoms with van der Waals surface area (Å²) < 4.78 is 5.55. The van der Waals surface area contributed by atoms with Gasteiger partial charge in [-0.3, -0.25) is 0 Å². The fourth-order valence-electron chi connectivity index (χ4n) is 2.15. The zero-order valence-electron chi connectivity index (χ0n) is 10.2. The van der Waals surface area contributed by atoms with Gasteiger partial charge in [-0.2, -0.15) is 0 Å². The molecular weight excluding hydrogens is 220 g/mol. The Morgan fingerprint density at radius 3 is 3.06 bits per heavy atom. The molecule has 1 N–H and O–H groups in total. The van der Waals surface area contributed by atoms with E-state index in [0.29, 0.717) is 18.2 Å². The lowest BCUT2D eigenvalue weighted by molar-refractivity contribution is 0.0116. The van der Waals surface area contributed by atoms with Crippen molar-refractivity contribution in [3.05, 3.63) is 16.1 Å². The molecule has 1 saturated heterocycles. The maximum absolute atomic E-state index is 5.55. The quantitative estimate of drug-likeness (QED) is 0.882. The lowest BCUT2D eigenvalue weighted by atomic mass is 10.0. The van der Waals surface area contributed by atoms with Crippen molar-refractivity contribution in [3.63, 3.8) is 0 Å². The number of aryl methyl sites for hydroxylation is 1. The van der Waals surface area contributed by atoms with Gasteiger partial charge in [0.2, 0.25) is 0 Å². The van der Waals surface area contributed by atoms with Gasteiger partial charge in [-0.25, -0.2) is 4.98 Å². The van der Waals surface area contributed by atoms with Crippen molar-refractivity contribution < 1.29 is 4.74 Å². The molecule has 90 valence electrons. The summed E-state index contributed by atoms with van der Waals surface area (Å²) in [5, 5.41) is 4.84. The van der Waals surface area contributed by atoms with Crippen LogP contribution in [-0.4, -0.2) is 23.7 Å². The highest BCUT2D eigenvalue weighted by Crippen LogP contribution is 2.22. The predicted octanol–water partition coefficient (Wildman–Crippen LogP) is 2.67. The van der Waals surface area contributed by atoms with Gasteiger partial charge in [0, 0.05) is 23.7 Å². The van der Waals surface area contributed by atoms with E-state index in [1.165, 1.54) is 9.88 Å². The van der Waals surface area contributed by atoms with Crippen molar-refractivity contribution in [2.24, 2.45) is 0 Å². The van der Waals surface area contributed by atoms with Crippen LogP contribution in [-0.2, 0) is 4.74 Å². The van der Waals surface area contributed by atoms with Crippen LogP contribution in [0.5, 0.6) is 0 Å². The Morgan fingerprint density at radius 2 is 2.44 bits per heavy atom. The topological polar surface area (TPSA) is 34.2 Å². The molecule has 0 saturated carbocycles. The van der Waals surface area contributed by atoms with Crippen LogP contribution in [0.1, 0.15) is 42.6 Å². The first kappa shape index (κ1) is 12.0. The zero-order valence-corrected chi connectivity index (χ0v) is 11.0. The molecule has 16 heavy (non-hydrogen) atoms. The standard InChI is InChI=1S/C12H20N2OS/c1-8-6-11(4-5-15-8)14-10(3)12-13-7-9(2)16-12/h7-8,10-11,14H,4-6H2,1-3H3. The van der Waals surface area contributed by atoms with E-state index >= 15 is 0 Å². The first-order valence-corrected chi connectivity index (χ1v) is 6.77. The summed E-state index contributed by atoms with van der Waals surface area (Å²) in [5.74, 6) is 0. The van der Waals surface area contributed by atoms with E-state index in [-0.39, 0.29) is 0 Å². The second-order valence-corrected chi connectivity index (χ2v) is 5.87. The monoisotopic (exact) mass is 240 g/mol. The first-order chi connectivity index (χ1) is 7.65. The predicted molar refractivity (Wildman–Crippen MR) is 66.8 cm³/mol. The first-order valence-electron chi connectivity index (χ1n) is 5.95. The van der Waals surface area contributed by atoms with Gasteiger partial charge in [0.05, 0.1) is 12.1 Å². The molecule has 4 heteroatoms. The molecule has 0 amide bonds. The molecular formula is C12H20N2OS. The van der Waals surface area contributed by atoms with Gasteiger partial charge in [-0.1, -0.05) is 0 Å². The number of nitrogens with zero attached hydrogens (tertiary/aromatic N) is 1. The summed E-state index contributed by atoms with van der Waals surface area (Å²) in [4.78, 5) is 5.71. The second kappa shape index (κ2) is 5.25.